The van der Waals surface area contributed by atoms with Crippen molar-refractivity contribution in [2.75, 3.05) is 39.3 Å². The second-order valence-corrected chi connectivity index (χ2v) is 6.56. The average molecular weight is 368 g/mol. The molecule has 1 fully saturated rings. The molecule has 2 aromatic rings. The molecule has 0 unspecified atom stereocenters. The minimum Gasteiger partial charge on any atom is -0.351 e. The predicted molar refractivity (Wildman–Crippen MR) is 99.5 cm³/mol. The van der Waals surface area contributed by atoms with Crippen LogP contribution in [0.2, 0.25) is 0 Å². The number of nitrogens with one attached hydrogen (secondary N) is 2. The molecule has 25 heavy (non-hydrogen) atoms. The Hall–Kier alpha value is -1.70. The highest BCUT2D eigenvalue weighted by Gasteiger charge is 2.21. The molecule has 1 saturated heterocycles. The van der Waals surface area contributed by atoms with E-state index in [-0.39, 0.29) is 24.2 Å². The van der Waals surface area contributed by atoms with Crippen LogP contribution < -0.4 is 10.6 Å². The Bertz CT molecular complexity index is 725. The maximum Gasteiger partial charge on any atom is 0.259 e. The average Bonchev–Trinajstić information content (AvgIpc) is 2.98. The Morgan fingerprint density at radius 2 is 2.12 bits per heavy atom. The van der Waals surface area contributed by atoms with Gasteiger partial charge in [0.15, 0.2) is 0 Å². The van der Waals surface area contributed by atoms with Gasteiger partial charge in [-0.15, -0.1) is 12.4 Å². The third-order valence-corrected chi connectivity index (χ3v) is 4.32. The number of hydrogen-bond acceptors (Lipinski definition) is 6. The summed E-state index contributed by atoms with van der Waals surface area (Å²) in [6, 6.07) is 1.81. The summed E-state index contributed by atoms with van der Waals surface area (Å²) in [5.41, 5.74) is 2.57. The van der Waals surface area contributed by atoms with Gasteiger partial charge in [0.1, 0.15) is 0 Å². The normalized spacial score (nSPS) is 15.4. The van der Waals surface area contributed by atoms with Gasteiger partial charge in [-0.25, -0.2) is 4.98 Å². The molecular weight excluding hydrogens is 342 g/mol. The van der Waals surface area contributed by atoms with E-state index in [2.05, 4.69) is 25.7 Å². The highest BCUT2D eigenvalue weighted by molar-refractivity contribution is 6.06. The van der Waals surface area contributed by atoms with Crippen LogP contribution in [0.1, 0.15) is 41.5 Å². The molecule has 0 aromatic carbocycles. The van der Waals surface area contributed by atoms with Crippen LogP contribution in [-0.4, -0.2) is 60.2 Å². The third-order valence-electron chi connectivity index (χ3n) is 4.32. The summed E-state index contributed by atoms with van der Waals surface area (Å²) in [4.78, 5) is 19.4. The Balaban J connectivity index is 0.00000225. The van der Waals surface area contributed by atoms with Crippen LogP contribution in [0.4, 0.5) is 0 Å². The number of carbonyl (C=O) groups excluding carboxylic acids is 1. The molecule has 1 amide bonds. The van der Waals surface area contributed by atoms with Gasteiger partial charge in [-0.1, -0.05) is 19.0 Å². The van der Waals surface area contributed by atoms with Crippen molar-refractivity contribution in [3.8, 4) is 0 Å². The van der Waals surface area contributed by atoms with Crippen LogP contribution in [0.15, 0.2) is 10.6 Å². The monoisotopic (exact) mass is 367 g/mol. The molecule has 0 atom stereocenters. The second kappa shape index (κ2) is 8.60. The molecule has 0 radical (unpaired) electrons. The Kier molecular flexibility index (Phi) is 6.75. The van der Waals surface area contributed by atoms with Crippen molar-refractivity contribution in [2.45, 2.75) is 26.7 Å². The van der Waals surface area contributed by atoms with Gasteiger partial charge in [0.05, 0.1) is 16.6 Å². The molecule has 2 N–H and O–H groups in total. The highest BCUT2D eigenvalue weighted by atomic mass is 35.5. The largest absolute Gasteiger partial charge is 0.351 e. The van der Waals surface area contributed by atoms with Crippen molar-refractivity contribution in [3.05, 3.63) is 23.0 Å². The molecule has 3 heterocycles. The summed E-state index contributed by atoms with van der Waals surface area (Å²) >= 11 is 0. The molecular formula is C17H26ClN5O2. The summed E-state index contributed by atoms with van der Waals surface area (Å²) < 4.78 is 5.33. The van der Waals surface area contributed by atoms with E-state index in [0.29, 0.717) is 17.8 Å². The SMILES string of the molecule is Cc1cc(C(=O)NCCN2CCNCC2)c2c(C(C)C)noc2n1.Cl. The lowest BCUT2D eigenvalue weighted by atomic mass is 10.0. The molecule has 1 aliphatic heterocycles. The first-order valence-electron chi connectivity index (χ1n) is 8.54. The maximum absolute atomic E-state index is 12.7. The van der Waals surface area contributed by atoms with E-state index in [1.54, 1.807) is 0 Å². The lowest BCUT2D eigenvalue weighted by molar-refractivity contribution is 0.0948. The molecule has 0 aliphatic carbocycles. The van der Waals surface area contributed by atoms with Crippen molar-refractivity contribution >= 4 is 29.4 Å². The van der Waals surface area contributed by atoms with Crippen molar-refractivity contribution in [2.24, 2.45) is 0 Å². The lowest BCUT2D eigenvalue weighted by Crippen LogP contribution is -2.46. The third kappa shape index (κ3) is 4.48. The molecule has 0 bridgehead atoms. The van der Waals surface area contributed by atoms with Crippen LogP contribution in [0.25, 0.3) is 11.1 Å². The van der Waals surface area contributed by atoms with E-state index in [1.807, 2.05) is 26.8 Å². The minimum absolute atomic E-state index is 0. The van der Waals surface area contributed by atoms with Crippen LogP contribution in [-0.2, 0) is 0 Å². The molecule has 2 aromatic heterocycles. The van der Waals surface area contributed by atoms with Gasteiger partial charge >= 0.3 is 0 Å². The van der Waals surface area contributed by atoms with Gasteiger partial charge < -0.3 is 15.2 Å². The molecule has 3 rings (SSSR count). The van der Waals surface area contributed by atoms with E-state index in [1.165, 1.54) is 0 Å². The van der Waals surface area contributed by atoms with Crippen molar-refractivity contribution in [1.82, 2.24) is 25.7 Å². The van der Waals surface area contributed by atoms with Crippen LogP contribution in [0.5, 0.6) is 0 Å². The Morgan fingerprint density at radius 1 is 1.40 bits per heavy atom. The zero-order valence-electron chi connectivity index (χ0n) is 15.0. The number of amides is 1. The van der Waals surface area contributed by atoms with Gasteiger partial charge in [0.25, 0.3) is 11.6 Å². The van der Waals surface area contributed by atoms with Crippen LogP contribution in [0.3, 0.4) is 0 Å². The first-order valence-corrected chi connectivity index (χ1v) is 8.54. The smallest absolute Gasteiger partial charge is 0.259 e. The molecule has 138 valence electrons. The van der Waals surface area contributed by atoms with E-state index in [0.717, 1.165) is 49.5 Å². The molecule has 8 heteroatoms. The number of halogens is 1. The van der Waals surface area contributed by atoms with Crippen LogP contribution in [0, 0.1) is 6.92 Å². The fourth-order valence-corrected chi connectivity index (χ4v) is 3.03. The van der Waals surface area contributed by atoms with E-state index in [4.69, 9.17) is 4.52 Å². The zero-order valence-corrected chi connectivity index (χ0v) is 15.8. The fourth-order valence-electron chi connectivity index (χ4n) is 3.03. The summed E-state index contributed by atoms with van der Waals surface area (Å²) in [6.45, 7) is 11.5. The van der Waals surface area contributed by atoms with Crippen molar-refractivity contribution in [1.29, 1.82) is 0 Å². The molecule has 7 nitrogen and oxygen atoms in total. The lowest BCUT2D eigenvalue weighted by Gasteiger charge is -2.27. The number of aromatic nitrogens is 2. The van der Waals surface area contributed by atoms with E-state index < -0.39 is 0 Å². The number of hydrogen-bond donors (Lipinski definition) is 2. The standard InChI is InChI=1S/C17H25N5O2.ClH/c1-11(2)15-14-13(10-12(3)20-17(14)24-21-15)16(23)19-6-9-22-7-4-18-5-8-22;/h10-11,18H,4-9H2,1-3H3,(H,19,23);1H. The number of rotatable bonds is 5. The molecule has 0 spiro atoms. The minimum atomic E-state index is -0.0919. The van der Waals surface area contributed by atoms with Gasteiger partial charge in [0.2, 0.25) is 0 Å². The number of aryl methyl sites for hydroxylation is 1. The quantitative estimate of drug-likeness (QED) is 0.837. The van der Waals surface area contributed by atoms with Crippen molar-refractivity contribution in [3.63, 3.8) is 0 Å². The van der Waals surface area contributed by atoms with Crippen molar-refractivity contribution < 1.29 is 9.32 Å². The summed E-state index contributed by atoms with van der Waals surface area (Å²) in [7, 11) is 0. The van der Waals surface area contributed by atoms with Gasteiger partial charge in [0, 0.05) is 45.0 Å². The van der Waals surface area contributed by atoms with Gasteiger partial charge in [-0.2, -0.15) is 0 Å². The van der Waals surface area contributed by atoms with Gasteiger partial charge in [-0.05, 0) is 18.9 Å². The Labute approximate surface area is 153 Å². The second-order valence-electron chi connectivity index (χ2n) is 6.56. The number of fused-ring (bicyclic) bond motifs is 1. The topological polar surface area (TPSA) is 83.3 Å². The predicted octanol–water partition coefficient (Wildman–Crippen LogP) is 1.71. The zero-order chi connectivity index (χ0) is 17.1. The number of piperazine rings is 1. The highest BCUT2D eigenvalue weighted by Crippen LogP contribution is 2.27. The first-order chi connectivity index (χ1) is 11.6. The van der Waals surface area contributed by atoms with Crippen LogP contribution >= 0.6 is 12.4 Å². The number of pyridine rings is 1. The fraction of sp³-hybridized carbons (Fsp3) is 0.588. The first kappa shape index (κ1) is 19.6. The summed E-state index contributed by atoms with van der Waals surface area (Å²) in [6.07, 6.45) is 0. The van der Waals surface area contributed by atoms with E-state index >= 15 is 0 Å². The number of nitrogens with zero attached hydrogens (tertiary/aromatic N) is 3. The number of carbonyl (C=O) groups is 1. The van der Waals surface area contributed by atoms with Gasteiger partial charge in [-0.3, -0.25) is 9.69 Å². The maximum atomic E-state index is 12.7. The Morgan fingerprint density at radius 3 is 2.80 bits per heavy atom. The molecule has 0 saturated carbocycles. The summed E-state index contributed by atoms with van der Waals surface area (Å²) in [5.74, 6) is 0.0777. The summed E-state index contributed by atoms with van der Waals surface area (Å²) in [5, 5.41) is 11.2. The molecule has 1 aliphatic rings. The van der Waals surface area contributed by atoms with E-state index in [9.17, 15) is 4.79 Å².